The summed E-state index contributed by atoms with van der Waals surface area (Å²) in [4.78, 5) is 18.2. The molecule has 7 nitrogen and oxygen atoms in total. The van der Waals surface area contributed by atoms with E-state index < -0.39 is 24.3 Å². The molecule has 0 aliphatic heterocycles. The summed E-state index contributed by atoms with van der Waals surface area (Å²) >= 11 is 0. The lowest BCUT2D eigenvalue weighted by molar-refractivity contribution is -0.0688. The Balaban J connectivity index is 1.87. The number of benzene rings is 1. The molecule has 3 rings (SSSR count). The summed E-state index contributed by atoms with van der Waals surface area (Å²) in [6.45, 7) is 7.56. The Bertz CT molecular complexity index is 1300. The number of aryl methyl sites for hydroxylation is 1. The topological polar surface area (TPSA) is 83.3 Å². The van der Waals surface area contributed by atoms with Gasteiger partial charge in [0, 0.05) is 41.7 Å². The van der Waals surface area contributed by atoms with Crippen LogP contribution in [-0.2, 0) is 0 Å². The van der Waals surface area contributed by atoms with Gasteiger partial charge in [0.25, 0.3) is 5.91 Å². The first kappa shape index (κ1) is 28.8. The van der Waals surface area contributed by atoms with Crippen molar-refractivity contribution in [2.75, 3.05) is 38.7 Å². The van der Waals surface area contributed by atoms with Crippen molar-refractivity contribution >= 4 is 34.0 Å². The van der Waals surface area contributed by atoms with Crippen LogP contribution in [0.25, 0.3) is 22.4 Å². The van der Waals surface area contributed by atoms with Crippen molar-refractivity contribution < 1.29 is 26.9 Å². The number of nitrogens with one attached hydrogen (secondary N) is 2. The average Bonchev–Trinajstić information content (AvgIpc) is 3.30. The second-order valence-electron chi connectivity index (χ2n) is 9.04. The zero-order chi connectivity index (χ0) is 27.9. The van der Waals surface area contributed by atoms with Gasteiger partial charge >= 0.3 is 6.18 Å². The molecule has 0 bridgehead atoms. The van der Waals surface area contributed by atoms with Crippen LogP contribution >= 0.6 is 0 Å². The molecule has 0 saturated carbocycles. The van der Waals surface area contributed by atoms with E-state index >= 15 is 0 Å². The van der Waals surface area contributed by atoms with Gasteiger partial charge in [-0.1, -0.05) is 29.9 Å². The van der Waals surface area contributed by atoms with Gasteiger partial charge in [0.2, 0.25) is 5.76 Å². The molecule has 2 N–H and O–H groups in total. The second kappa shape index (κ2) is 12.7. The van der Waals surface area contributed by atoms with Crippen LogP contribution in [0, 0.1) is 6.92 Å². The normalized spacial score (nSPS) is 12.8. The van der Waals surface area contributed by atoms with Crippen molar-refractivity contribution in [1.29, 1.82) is 0 Å². The molecular formula is C27H31F4N5O2. The van der Waals surface area contributed by atoms with Crippen molar-refractivity contribution in [3.63, 3.8) is 0 Å². The van der Waals surface area contributed by atoms with Crippen LogP contribution in [0.1, 0.15) is 41.0 Å². The van der Waals surface area contributed by atoms with Crippen molar-refractivity contribution in [2.45, 2.75) is 32.5 Å². The largest absolute Gasteiger partial charge is 0.417 e. The van der Waals surface area contributed by atoms with Crippen LogP contribution in [0.4, 0.5) is 23.2 Å². The Morgan fingerprint density at radius 2 is 2.00 bits per heavy atom. The predicted molar refractivity (Wildman–Crippen MR) is 141 cm³/mol. The monoisotopic (exact) mass is 533 g/mol. The van der Waals surface area contributed by atoms with Gasteiger partial charge in [0.15, 0.2) is 0 Å². The number of nitrogens with zero attached hydrogens (tertiary/aromatic N) is 3. The highest BCUT2D eigenvalue weighted by atomic mass is 19.4. The number of amides is 1. The van der Waals surface area contributed by atoms with Crippen LogP contribution in [-0.4, -0.2) is 66.5 Å². The van der Waals surface area contributed by atoms with Gasteiger partial charge in [-0.05, 0) is 52.1 Å². The summed E-state index contributed by atoms with van der Waals surface area (Å²) < 4.78 is 58.4. The van der Waals surface area contributed by atoms with E-state index in [1.807, 2.05) is 18.9 Å². The summed E-state index contributed by atoms with van der Waals surface area (Å²) in [5.74, 6) is -0.408. The molecule has 0 radical (unpaired) electrons. The van der Waals surface area contributed by atoms with Gasteiger partial charge in [-0.3, -0.25) is 4.79 Å². The Labute approximate surface area is 218 Å². The first-order valence-corrected chi connectivity index (χ1v) is 12.1. The highest BCUT2D eigenvalue weighted by molar-refractivity contribution is 6.00. The van der Waals surface area contributed by atoms with Crippen molar-refractivity contribution in [1.82, 2.24) is 20.4 Å². The number of pyridine rings is 1. The van der Waals surface area contributed by atoms with Crippen molar-refractivity contribution in [3.8, 4) is 0 Å². The first-order valence-electron chi connectivity index (χ1n) is 12.1. The van der Waals surface area contributed by atoms with Gasteiger partial charge in [0.05, 0.1) is 22.7 Å². The number of hydrogen-bond donors (Lipinski definition) is 2. The summed E-state index contributed by atoms with van der Waals surface area (Å²) in [5.41, 5.74) is 0.159. The van der Waals surface area contributed by atoms with E-state index in [9.17, 15) is 22.4 Å². The molecule has 1 atom stereocenters. The first-order chi connectivity index (χ1) is 18.0. The molecular weight excluding hydrogens is 502 g/mol. The minimum absolute atomic E-state index is 0.0287. The number of rotatable bonds is 12. The van der Waals surface area contributed by atoms with Crippen molar-refractivity contribution in [2.24, 2.45) is 0 Å². The quantitative estimate of drug-likeness (QED) is 0.293. The molecule has 11 heteroatoms. The zero-order valence-electron chi connectivity index (χ0n) is 21.5. The molecule has 0 fully saturated rings. The fourth-order valence-electron chi connectivity index (χ4n) is 3.77. The lowest BCUT2D eigenvalue weighted by atomic mass is 10.0. The van der Waals surface area contributed by atoms with Crippen LogP contribution in [0.2, 0.25) is 0 Å². The van der Waals surface area contributed by atoms with Crippen LogP contribution < -0.4 is 10.6 Å². The van der Waals surface area contributed by atoms with E-state index in [4.69, 9.17) is 4.52 Å². The number of halogens is 4. The van der Waals surface area contributed by atoms with Gasteiger partial charge in [-0.15, -0.1) is 0 Å². The summed E-state index contributed by atoms with van der Waals surface area (Å²) in [6.07, 6.45) is -0.847. The fraction of sp³-hybridized carbons (Fsp3) is 0.370. The van der Waals surface area contributed by atoms with Gasteiger partial charge in [0.1, 0.15) is 6.67 Å². The lowest BCUT2D eigenvalue weighted by Crippen LogP contribution is -2.27. The van der Waals surface area contributed by atoms with E-state index in [2.05, 4.69) is 27.4 Å². The van der Waals surface area contributed by atoms with E-state index in [1.54, 1.807) is 37.3 Å². The number of aromatic nitrogens is 2. The smallest absolute Gasteiger partial charge is 0.382 e. The van der Waals surface area contributed by atoms with E-state index in [-0.39, 0.29) is 29.7 Å². The molecule has 2 heterocycles. The number of fused-ring (bicyclic) bond motifs is 1. The molecule has 2 aromatic heterocycles. The van der Waals surface area contributed by atoms with E-state index in [0.717, 1.165) is 0 Å². The second-order valence-corrected chi connectivity index (χ2v) is 9.04. The van der Waals surface area contributed by atoms with E-state index in [0.29, 0.717) is 41.7 Å². The average molecular weight is 534 g/mol. The molecule has 3 aromatic rings. The van der Waals surface area contributed by atoms with Crippen LogP contribution in [0.3, 0.4) is 0 Å². The van der Waals surface area contributed by atoms with Gasteiger partial charge < -0.3 is 20.1 Å². The van der Waals surface area contributed by atoms with Crippen LogP contribution in [0.15, 0.2) is 47.5 Å². The molecule has 1 aromatic carbocycles. The SMILES string of the molecule is C=C(c1nc(/C=C/CNC(=O)c2cc(C)no2)cc2c(NC(C)CCN(C)CCF)cccc12)C(F)(F)F. The van der Waals surface area contributed by atoms with Gasteiger partial charge in [-0.25, -0.2) is 9.37 Å². The maximum absolute atomic E-state index is 13.6. The Kier molecular flexibility index (Phi) is 9.62. The molecule has 204 valence electrons. The third kappa shape index (κ3) is 7.64. The maximum atomic E-state index is 13.6. The Morgan fingerprint density at radius 3 is 2.66 bits per heavy atom. The highest BCUT2D eigenvalue weighted by Gasteiger charge is 2.35. The minimum Gasteiger partial charge on any atom is -0.382 e. The molecule has 38 heavy (non-hydrogen) atoms. The molecule has 1 unspecified atom stereocenters. The fourth-order valence-corrected chi connectivity index (χ4v) is 3.77. The molecule has 0 aliphatic rings. The van der Waals surface area contributed by atoms with E-state index in [1.165, 1.54) is 12.1 Å². The number of allylic oxidation sites excluding steroid dienone is 1. The van der Waals surface area contributed by atoms with Crippen molar-refractivity contribution in [3.05, 3.63) is 65.8 Å². The summed E-state index contributed by atoms with van der Waals surface area (Å²) in [5, 5.41) is 10.5. The lowest BCUT2D eigenvalue weighted by Gasteiger charge is -2.21. The maximum Gasteiger partial charge on any atom is 0.417 e. The molecule has 1 amide bonds. The highest BCUT2D eigenvalue weighted by Crippen LogP contribution is 2.37. The Morgan fingerprint density at radius 1 is 1.24 bits per heavy atom. The summed E-state index contributed by atoms with van der Waals surface area (Å²) in [6, 6.07) is 8.18. The number of anilines is 1. The van der Waals surface area contributed by atoms with Gasteiger partial charge in [-0.2, -0.15) is 13.2 Å². The predicted octanol–water partition coefficient (Wildman–Crippen LogP) is 5.64. The third-order valence-electron chi connectivity index (χ3n) is 5.86. The number of carbonyl (C=O) groups is 1. The number of carbonyl (C=O) groups excluding carboxylic acids is 1. The third-order valence-corrected chi connectivity index (χ3v) is 5.86. The Hall–Kier alpha value is -3.73. The number of hydrogen-bond acceptors (Lipinski definition) is 6. The molecule has 0 spiro atoms. The minimum atomic E-state index is -4.66. The van der Waals surface area contributed by atoms with Crippen LogP contribution in [0.5, 0.6) is 0 Å². The molecule has 0 saturated heterocycles. The standard InChI is InChI=1S/C27H31F4N5O2/c1-17(10-13-36(4)14-11-28)33-23-9-5-8-21-22(23)16-20(34-25(21)19(3)27(29,30)31)7-6-12-32-26(37)24-15-18(2)35-38-24/h5-9,15-17,33H,3,10-14H2,1-2,4H3,(H,32,37)/b7-6+. The zero-order valence-corrected chi connectivity index (χ0v) is 21.5. The molecule has 0 aliphatic carbocycles. The summed E-state index contributed by atoms with van der Waals surface area (Å²) in [7, 11) is 1.83. The number of alkyl halides is 4.